The fourth-order valence-corrected chi connectivity index (χ4v) is 2.95. The molecule has 27 heavy (non-hydrogen) atoms. The Balaban J connectivity index is 1.61. The standard InChI is InChI=1S/C16H15F3N4O4/c17-16(18,19)12-4-2-1-3-10(12)6-22-7-11(5-14(22)25)20-13(24)8-23-9-15(26)27-21-23/h1-4,9,11H,5-8H2,(H-,20,21,24,26)/p+1. The Bertz CT molecular complexity index is 905. The van der Waals surface area contributed by atoms with Gasteiger partial charge in [0.2, 0.25) is 5.91 Å². The summed E-state index contributed by atoms with van der Waals surface area (Å²) in [4.78, 5) is 36.3. The Kier molecular flexibility index (Phi) is 5.02. The molecule has 1 unspecified atom stereocenters. The molecule has 1 aliphatic rings. The normalized spacial score (nSPS) is 17.4. The van der Waals surface area contributed by atoms with Crippen LogP contribution in [0.1, 0.15) is 17.5 Å². The van der Waals surface area contributed by atoms with Crippen LogP contribution in [0.3, 0.4) is 0 Å². The van der Waals surface area contributed by atoms with Gasteiger partial charge in [0.25, 0.3) is 18.6 Å². The van der Waals surface area contributed by atoms with Crippen LogP contribution >= 0.6 is 0 Å². The van der Waals surface area contributed by atoms with Crippen LogP contribution in [0, 0.1) is 0 Å². The number of hydrogen-bond acceptors (Lipinski definition) is 4. The van der Waals surface area contributed by atoms with Gasteiger partial charge < -0.3 is 10.2 Å². The van der Waals surface area contributed by atoms with Crippen LogP contribution in [0.25, 0.3) is 0 Å². The maximum atomic E-state index is 13.1. The molecule has 2 N–H and O–H groups in total. The highest BCUT2D eigenvalue weighted by atomic mass is 19.4. The van der Waals surface area contributed by atoms with Crippen molar-refractivity contribution in [1.82, 2.24) is 15.5 Å². The Labute approximate surface area is 150 Å². The molecule has 1 aliphatic heterocycles. The van der Waals surface area contributed by atoms with Crippen molar-refractivity contribution >= 4 is 11.8 Å². The first kappa shape index (κ1) is 18.7. The zero-order valence-corrected chi connectivity index (χ0v) is 14.0. The van der Waals surface area contributed by atoms with Crippen molar-refractivity contribution in [2.75, 3.05) is 6.54 Å². The summed E-state index contributed by atoms with van der Waals surface area (Å²) in [6.07, 6.45) is -3.46. The second-order valence-corrected chi connectivity index (χ2v) is 6.17. The van der Waals surface area contributed by atoms with Crippen LogP contribution in [0.4, 0.5) is 13.2 Å². The highest BCUT2D eigenvalue weighted by Gasteiger charge is 2.36. The van der Waals surface area contributed by atoms with Crippen LogP contribution in [0.5, 0.6) is 0 Å². The number of halogens is 3. The number of alkyl halides is 3. The third-order valence-corrected chi connectivity index (χ3v) is 4.10. The molecular formula is C16H16F3N4O4+. The number of rotatable bonds is 5. The van der Waals surface area contributed by atoms with Crippen LogP contribution in [-0.2, 0) is 28.9 Å². The van der Waals surface area contributed by atoms with Gasteiger partial charge >= 0.3 is 11.8 Å². The number of aromatic amines is 1. The molecule has 8 nitrogen and oxygen atoms in total. The van der Waals surface area contributed by atoms with Crippen molar-refractivity contribution in [2.45, 2.75) is 31.7 Å². The van der Waals surface area contributed by atoms with Crippen molar-refractivity contribution in [2.24, 2.45) is 0 Å². The predicted molar refractivity (Wildman–Crippen MR) is 82.9 cm³/mol. The molecule has 1 atom stereocenters. The number of aromatic nitrogens is 2. The van der Waals surface area contributed by atoms with E-state index in [9.17, 15) is 27.6 Å². The molecule has 3 rings (SSSR count). The van der Waals surface area contributed by atoms with E-state index in [0.29, 0.717) is 0 Å². The van der Waals surface area contributed by atoms with Gasteiger partial charge in [0.15, 0.2) is 0 Å². The molecular weight excluding hydrogens is 369 g/mol. The van der Waals surface area contributed by atoms with E-state index in [2.05, 4.69) is 15.1 Å². The average Bonchev–Trinajstić information content (AvgIpc) is 3.12. The SMILES string of the molecule is O=C(C[n+]1cc(=O)o[nH]1)NC1CC(=O)N(Cc2ccccc2C(F)(F)F)C1. The zero-order valence-electron chi connectivity index (χ0n) is 14.0. The van der Waals surface area contributed by atoms with Gasteiger partial charge in [-0.05, 0) is 16.9 Å². The van der Waals surface area contributed by atoms with Gasteiger partial charge in [-0.15, -0.1) is 0 Å². The lowest BCUT2D eigenvalue weighted by molar-refractivity contribution is -0.751. The van der Waals surface area contributed by atoms with E-state index < -0.39 is 29.3 Å². The lowest BCUT2D eigenvalue weighted by Gasteiger charge is -2.20. The molecule has 0 spiro atoms. The molecule has 144 valence electrons. The number of H-pyrrole nitrogens is 1. The number of nitrogens with zero attached hydrogens (tertiary/aromatic N) is 2. The first-order valence-corrected chi connectivity index (χ1v) is 8.02. The summed E-state index contributed by atoms with van der Waals surface area (Å²) in [5.41, 5.74) is -1.43. The maximum Gasteiger partial charge on any atom is 0.426 e. The molecule has 2 amide bonds. The fraction of sp³-hybridized carbons (Fsp3) is 0.375. The van der Waals surface area contributed by atoms with Gasteiger partial charge in [-0.1, -0.05) is 22.9 Å². The van der Waals surface area contributed by atoms with Crippen molar-refractivity contribution in [3.63, 3.8) is 0 Å². The molecule has 2 heterocycles. The van der Waals surface area contributed by atoms with Gasteiger partial charge in [0, 0.05) is 19.5 Å². The Morgan fingerprint density at radius 1 is 1.33 bits per heavy atom. The van der Waals surface area contributed by atoms with Crippen molar-refractivity contribution in [3.05, 3.63) is 52.0 Å². The van der Waals surface area contributed by atoms with Gasteiger partial charge in [-0.3, -0.25) is 14.1 Å². The highest BCUT2D eigenvalue weighted by molar-refractivity contribution is 5.81. The summed E-state index contributed by atoms with van der Waals surface area (Å²) in [6, 6.07) is 4.54. The molecule has 0 aliphatic carbocycles. The largest absolute Gasteiger partial charge is 0.426 e. The number of carbonyl (C=O) groups is 2. The molecule has 1 saturated heterocycles. The number of nitrogens with one attached hydrogen (secondary N) is 2. The van der Waals surface area contributed by atoms with E-state index in [4.69, 9.17) is 0 Å². The van der Waals surface area contributed by atoms with Gasteiger partial charge in [0.05, 0.1) is 11.6 Å². The van der Waals surface area contributed by atoms with E-state index in [1.165, 1.54) is 23.1 Å². The molecule has 1 aromatic carbocycles. The van der Waals surface area contributed by atoms with Crippen molar-refractivity contribution in [3.8, 4) is 0 Å². The van der Waals surface area contributed by atoms with Gasteiger partial charge in [0.1, 0.15) is 0 Å². The minimum absolute atomic E-state index is 0.00291. The fourth-order valence-electron chi connectivity index (χ4n) is 2.95. The Morgan fingerprint density at radius 2 is 2.07 bits per heavy atom. The minimum atomic E-state index is -4.51. The van der Waals surface area contributed by atoms with Crippen molar-refractivity contribution < 1.29 is 32.0 Å². The molecule has 1 fully saturated rings. The summed E-state index contributed by atoms with van der Waals surface area (Å²) in [6.45, 7) is -0.304. The van der Waals surface area contributed by atoms with E-state index in [-0.39, 0.29) is 37.5 Å². The molecule has 2 aromatic rings. The molecule has 1 aromatic heterocycles. The number of carbonyl (C=O) groups excluding carboxylic acids is 2. The van der Waals surface area contributed by atoms with Crippen molar-refractivity contribution in [1.29, 1.82) is 0 Å². The lowest BCUT2D eigenvalue weighted by Crippen LogP contribution is -2.47. The summed E-state index contributed by atoms with van der Waals surface area (Å²) in [7, 11) is 0. The monoisotopic (exact) mass is 385 g/mol. The predicted octanol–water partition coefficient (Wildman–Crippen LogP) is 0.192. The summed E-state index contributed by atoms with van der Waals surface area (Å²) in [5.74, 6) is -0.811. The average molecular weight is 385 g/mol. The van der Waals surface area contributed by atoms with E-state index in [0.717, 1.165) is 16.9 Å². The van der Waals surface area contributed by atoms with Crippen LogP contribution in [0.15, 0.2) is 39.8 Å². The molecule has 0 saturated carbocycles. The topological polar surface area (TPSA) is 99.3 Å². The Morgan fingerprint density at radius 3 is 2.74 bits per heavy atom. The van der Waals surface area contributed by atoms with Gasteiger partial charge in [-0.2, -0.15) is 13.2 Å². The smallest absolute Gasteiger partial charge is 0.345 e. The lowest BCUT2D eigenvalue weighted by atomic mass is 10.1. The third-order valence-electron chi connectivity index (χ3n) is 4.10. The van der Waals surface area contributed by atoms with E-state index >= 15 is 0 Å². The van der Waals surface area contributed by atoms with E-state index in [1.807, 2.05) is 0 Å². The second-order valence-electron chi connectivity index (χ2n) is 6.17. The van der Waals surface area contributed by atoms with Crippen LogP contribution < -0.4 is 15.6 Å². The highest BCUT2D eigenvalue weighted by Crippen LogP contribution is 2.32. The van der Waals surface area contributed by atoms with Crippen LogP contribution in [-0.4, -0.2) is 34.6 Å². The minimum Gasteiger partial charge on any atom is -0.345 e. The molecule has 0 bridgehead atoms. The quantitative estimate of drug-likeness (QED) is 0.718. The third kappa shape index (κ3) is 4.54. The van der Waals surface area contributed by atoms with Crippen LogP contribution in [0.2, 0.25) is 0 Å². The number of amides is 2. The molecule has 11 heteroatoms. The summed E-state index contributed by atoms with van der Waals surface area (Å²) >= 11 is 0. The number of hydrogen-bond donors (Lipinski definition) is 2. The maximum absolute atomic E-state index is 13.1. The first-order chi connectivity index (χ1) is 12.7. The zero-order chi connectivity index (χ0) is 19.6. The second kappa shape index (κ2) is 7.25. The summed E-state index contributed by atoms with van der Waals surface area (Å²) in [5, 5.41) is 4.84. The summed E-state index contributed by atoms with van der Waals surface area (Å²) < 4.78 is 44.8. The number of likely N-dealkylation sites (tertiary alicyclic amines) is 1. The molecule has 0 radical (unpaired) electrons. The number of benzene rings is 1. The Hall–Kier alpha value is -3.11. The van der Waals surface area contributed by atoms with E-state index in [1.54, 1.807) is 0 Å². The van der Waals surface area contributed by atoms with Gasteiger partial charge in [-0.25, -0.2) is 4.79 Å². The first-order valence-electron chi connectivity index (χ1n) is 8.02.